The fourth-order valence-electron chi connectivity index (χ4n) is 5.48. The smallest absolute Gasteiger partial charge is 0.236 e. The van der Waals surface area contributed by atoms with E-state index in [1.165, 1.54) is 96.3 Å². The number of carbonyl (C=O) groups excluding carboxylic acids is 2. The van der Waals surface area contributed by atoms with Gasteiger partial charge >= 0.3 is 0 Å². The zero-order valence-electron chi connectivity index (χ0n) is 29.2. The lowest BCUT2D eigenvalue weighted by molar-refractivity contribution is -0.123. The molecule has 262 valence electrons. The van der Waals surface area contributed by atoms with Crippen LogP contribution in [0.25, 0.3) is 0 Å². The van der Waals surface area contributed by atoms with Gasteiger partial charge in [-0.15, -0.1) is 0 Å². The van der Waals surface area contributed by atoms with Crippen molar-refractivity contribution in [3.05, 3.63) is 0 Å². The molecule has 0 rings (SSSR count). The molecule has 2 amide bonds. The van der Waals surface area contributed by atoms with Crippen molar-refractivity contribution in [1.29, 1.82) is 0 Å². The van der Waals surface area contributed by atoms with Crippen molar-refractivity contribution in [2.24, 2.45) is 11.5 Å². The standard InChI is InChI=1S/C36H76N6O2/c1-2-3-4-5-6-7-8-9-10-11-12-13-14-15-16-17-18-26-35(43)41-32-20-19-25-34(38)36(44)42-33-24-31-40-29-22-21-28-39-30-23-27-37/h34,39-40H,2-33,37-38H2,1H3,(H,41,43)(H,42,44)/t34-/m0/s1. The molecule has 0 unspecified atom stereocenters. The zero-order chi connectivity index (χ0) is 32.2. The minimum Gasteiger partial charge on any atom is -0.356 e. The molecular weight excluding hydrogens is 548 g/mol. The van der Waals surface area contributed by atoms with E-state index in [2.05, 4.69) is 28.2 Å². The van der Waals surface area contributed by atoms with Crippen LogP contribution >= 0.6 is 0 Å². The molecule has 0 aromatic heterocycles. The number of unbranched alkanes of at least 4 members (excludes halogenated alkanes) is 18. The maximum Gasteiger partial charge on any atom is 0.236 e. The van der Waals surface area contributed by atoms with E-state index >= 15 is 0 Å². The molecule has 0 aliphatic rings. The van der Waals surface area contributed by atoms with E-state index in [0.29, 0.717) is 25.9 Å². The van der Waals surface area contributed by atoms with Crippen molar-refractivity contribution >= 4 is 11.8 Å². The summed E-state index contributed by atoms with van der Waals surface area (Å²) in [6.07, 6.45) is 30.2. The Balaban J connectivity index is 3.35. The van der Waals surface area contributed by atoms with Gasteiger partial charge in [0.15, 0.2) is 0 Å². The lowest BCUT2D eigenvalue weighted by atomic mass is 10.0. The average Bonchev–Trinajstić information content (AvgIpc) is 3.02. The number of nitrogens with one attached hydrogen (secondary N) is 4. The Hall–Kier alpha value is -1.22. The summed E-state index contributed by atoms with van der Waals surface area (Å²) >= 11 is 0. The van der Waals surface area contributed by atoms with Gasteiger partial charge in [0.1, 0.15) is 0 Å². The van der Waals surface area contributed by atoms with E-state index in [9.17, 15) is 9.59 Å². The van der Waals surface area contributed by atoms with E-state index in [-0.39, 0.29) is 11.8 Å². The van der Waals surface area contributed by atoms with Gasteiger partial charge in [-0.2, -0.15) is 0 Å². The lowest BCUT2D eigenvalue weighted by Gasteiger charge is -2.12. The molecule has 44 heavy (non-hydrogen) atoms. The fraction of sp³-hybridized carbons (Fsp3) is 0.944. The van der Waals surface area contributed by atoms with Gasteiger partial charge in [0.25, 0.3) is 0 Å². The number of rotatable bonds is 36. The summed E-state index contributed by atoms with van der Waals surface area (Å²) in [4.78, 5) is 24.3. The van der Waals surface area contributed by atoms with Crippen molar-refractivity contribution in [3.63, 3.8) is 0 Å². The summed E-state index contributed by atoms with van der Waals surface area (Å²) in [7, 11) is 0. The third-order valence-corrected chi connectivity index (χ3v) is 8.45. The molecule has 0 aliphatic carbocycles. The summed E-state index contributed by atoms with van der Waals surface area (Å²) in [5, 5.41) is 12.8. The predicted molar refractivity (Wildman–Crippen MR) is 190 cm³/mol. The van der Waals surface area contributed by atoms with Gasteiger partial charge < -0.3 is 32.7 Å². The minimum absolute atomic E-state index is 0.0728. The fourth-order valence-corrected chi connectivity index (χ4v) is 5.48. The van der Waals surface area contributed by atoms with Crippen molar-refractivity contribution in [2.45, 2.75) is 173 Å². The van der Waals surface area contributed by atoms with Gasteiger partial charge in [-0.25, -0.2) is 0 Å². The van der Waals surface area contributed by atoms with Crippen molar-refractivity contribution in [2.75, 3.05) is 45.8 Å². The van der Waals surface area contributed by atoms with Gasteiger partial charge in [0.05, 0.1) is 6.04 Å². The van der Waals surface area contributed by atoms with Crippen molar-refractivity contribution in [1.82, 2.24) is 21.3 Å². The maximum atomic E-state index is 12.2. The van der Waals surface area contributed by atoms with E-state index in [1.54, 1.807) is 0 Å². The Morgan fingerprint density at radius 3 is 1.45 bits per heavy atom. The first-order chi connectivity index (χ1) is 21.6. The minimum atomic E-state index is -0.472. The average molecular weight is 625 g/mol. The molecule has 0 heterocycles. The third kappa shape index (κ3) is 33.7. The molecule has 1 atom stereocenters. The van der Waals surface area contributed by atoms with Gasteiger partial charge in [0, 0.05) is 19.5 Å². The molecule has 0 aromatic rings. The summed E-state index contributed by atoms with van der Waals surface area (Å²) in [5.41, 5.74) is 11.5. The second-order valence-corrected chi connectivity index (χ2v) is 12.9. The Bertz CT molecular complexity index is 607. The first-order valence-corrected chi connectivity index (χ1v) is 19.0. The van der Waals surface area contributed by atoms with Crippen LogP contribution in [0.5, 0.6) is 0 Å². The highest BCUT2D eigenvalue weighted by atomic mass is 16.2. The first kappa shape index (κ1) is 42.8. The van der Waals surface area contributed by atoms with Crippen LogP contribution in [0.4, 0.5) is 0 Å². The number of nitrogens with two attached hydrogens (primary N) is 2. The van der Waals surface area contributed by atoms with Gasteiger partial charge in [-0.3, -0.25) is 9.59 Å². The highest BCUT2D eigenvalue weighted by Crippen LogP contribution is 2.14. The number of carbonyl (C=O) groups is 2. The lowest BCUT2D eigenvalue weighted by Crippen LogP contribution is -2.41. The van der Waals surface area contributed by atoms with Gasteiger partial charge in [-0.05, 0) is 84.1 Å². The van der Waals surface area contributed by atoms with E-state index in [0.717, 1.165) is 84.1 Å². The largest absolute Gasteiger partial charge is 0.356 e. The number of amides is 2. The van der Waals surface area contributed by atoms with E-state index in [1.807, 2.05) is 0 Å². The molecule has 0 fully saturated rings. The predicted octanol–water partition coefficient (Wildman–Crippen LogP) is 6.46. The van der Waals surface area contributed by atoms with Crippen molar-refractivity contribution < 1.29 is 9.59 Å². The first-order valence-electron chi connectivity index (χ1n) is 19.0. The number of hydrogen-bond acceptors (Lipinski definition) is 6. The van der Waals surface area contributed by atoms with Crippen LogP contribution in [-0.4, -0.2) is 63.7 Å². The molecule has 0 radical (unpaired) electrons. The van der Waals surface area contributed by atoms with Crippen molar-refractivity contribution in [3.8, 4) is 0 Å². The molecule has 0 bridgehead atoms. The molecule has 0 saturated heterocycles. The topological polar surface area (TPSA) is 134 Å². The monoisotopic (exact) mass is 625 g/mol. The number of hydrogen-bond donors (Lipinski definition) is 6. The SMILES string of the molecule is CCCCCCCCCCCCCCCCCCCC(=O)NCCCC[C@H](N)C(=O)NCCCNCCCCNCCCN. The highest BCUT2D eigenvalue weighted by Gasteiger charge is 2.12. The molecule has 0 spiro atoms. The van der Waals surface area contributed by atoms with Crippen LogP contribution in [-0.2, 0) is 9.59 Å². The maximum absolute atomic E-state index is 12.2. The normalized spacial score (nSPS) is 12.0. The molecule has 0 aliphatic heterocycles. The van der Waals surface area contributed by atoms with E-state index in [4.69, 9.17) is 11.5 Å². The van der Waals surface area contributed by atoms with Gasteiger partial charge in [0.2, 0.25) is 11.8 Å². The van der Waals surface area contributed by atoms with Crippen LogP contribution in [0.15, 0.2) is 0 Å². The summed E-state index contributed by atoms with van der Waals surface area (Å²) in [6, 6.07) is -0.472. The third-order valence-electron chi connectivity index (χ3n) is 8.45. The molecular formula is C36H76N6O2. The molecule has 8 N–H and O–H groups in total. The zero-order valence-corrected chi connectivity index (χ0v) is 29.2. The highest BCUT2D eigenvalue weighted by molar-refractivity contribution is 5.81. The molecule has 8 heteroatoms. The second kappa shape index (κ2) is 36.3. The van der Waals surface area contributed by atoms with Crippen LogP contribution in [0.1, 0.15) is 167 Å². The van der Waals surface area contributed by atoms with Crippen LogP contribution in [0.3, 0.4) is 0 Å². The van der Waals surface area contributed by atoms with Crippen LogP contribution < -0.4 is 32.7 Å². The second-order valence-electron chi connectivity index (χ2n) is 12.9. The quantitative estimate of drug-likeness (QED) is 0.0443. The Labute approximate surface area is 273 Å². The summed E-state index contributed by atoms with van der Waals surface area (Å²) in [5.74, 6) is 0.0807. The molecule has 0 aromatic carbocycles. The summed E-state index contributed by atoms with van der Waals surface area (Å²) in [6.45, 7) is 8.29. The Kier molecular flexibility index (Phi) is 35.2. The summed E-state index contributed by atoms with van der Waals surface area (Å²) < 4.78 is 0. The van der Waals surface area contributed by atoms with Crippen LogP contribution in [0, 0.1) is 0 Å². The Morgan fingerprint density at radius 1 is 0.500 bits per heavy atom. The molecule has 0 saturated carbocycles. The van der Waals surface area contributed by atoms with Crippen LogP contribution in [0.2, 0.25) is 0 Å². The van der Waals surface area contributed by atoms with E-state index < -0.39 is 6.04 Å². The Morgan fingerprint density at radius 2 is 0.932 bits per heavy atom. The van der Waals surface area contributed by atoms with Gasteiger partial charge in [-0.1, -0.05) is 110 Å². The molecule has 8 nitrogen and oxygen atoms in total.